The molecule has 1 aliphatic rings. The Labute approximate surface area is 106 Å². The zero-order valence-corrected chi connectivity index (χ0v) is 10.4. The number of aryl methyl sites for hydroxylation is 1. The minimum absolute atomic E-state index is 0.212. The first-order valence-electron chi connectivity index (χ1n) is 6.33. The second kappa shape index (κ2) is 5.48. The van der Waals surface area contributed by atoms with Crippen molar-refractivity contribution < 1.29 is 14.3 Å². The first kappa shape index (κ1) is 13.0. The molecule has 1 aromatic carbocycles. The lowest BCUT2D eigenvalue weighted by Crippen LogP contribution is -2.45. The van der Waals surface area contributed by atoms with Crippen LogP contribution in [0.15, 0.2) is 18.2 Å². The number of nitrogens with one attached hydrogen (secondary N) is 1. The third-order valence-corrected chi connectivity index (χ3v) is 3.48. The number of rotatable bonds is 2. The molecule has 3 nitrogen and oxygen atoms in total. The molecule has 0 heterocycles. The number of carbonyl (C=O) groups is 1. The molecule has 2 rings (SSSR count). The van der Waals surface area contributed by atoms with Crippen LogP contribution in [0.4, 0.5) is 4.39 Å². The number of amides is 1. The minimum Gasteiger partial charge on any atom is -0.391 e. The van der Waals surface area contributed by atoms with Crippen molar-refractivity contribution in [3.8, 4) is 0 Å². The van der Waals surface area contributed by atoms with E-state index in [1.807, 2.05) is 0 Å². The molecule has 2 atom stereocenters. The molecule has 1 fully saturated rings. The second-order valence-corrected chi connectivity index (χ2v) is 4.90. The maximum Gasteiger partial charge on any atom is 0.251 e. The summed E-state index contributed by atoms with van der Waals surface area (Å²) in [7, 11) is 0. The van der Waals surface area contributed by atoms with E-state index < -0.39 is 6.10 Å². The number of hydrogen-bond donors (Lipinski definition) is 2. The monoisotopic (exact) mass is 251 g/mol. The van der Waals surface area contributed by atoms with Gasteiger partial charge in [0.25, 0.3) is 5.91 Å². The van der Waals surface area contributed by atoms with Crippen LogP contribution in [-0.4, -0.2) is 23.2 Å². The first-order chi connectivity index (χ1) is 8.58. The Kier molecular flexibility index (Phi) is 3.97. The molecule has 0 saturated heterocycles. The average molecular weight is 251 g/mol. The molecule has 0 aromatic heterocycles. The van der Waals surface area contributed by atoms with Crippen LogP contribution in [-0.2, 0) is 0 Å². The molecule has 1 saturated carbocycles. The smallest absolute Gasteiger partial charge is 0.251 e. The molecule has 1 aliphatic carbocycles. The summed E-state index contributed by atoms with van der Waals surface area (Å²) in [6, 6.07) is 4.21. The molecular formula is C14H18FNO2. The van der Waals surface area contributed by atoms with Crippen molar-refractivity contribution in [1.82, 2.24) is 5.32 Å². The molecule has 0 radical (unpaired) electrons. The first-order valence-corrected chi connectivity index (χ1v) is 6.33. The van der Waals surface area contributed by atoms with Crippen molar-refractivity contribution in [2.75, 3.05) is 0 Å². The fraction of sp³-hybridized carbons (Fsp3) is 0.500. The third kappa shape index (κ3) is 2.88. The SMILES string of the molecule is Cc1ccc(C(=O)NC2CCCCC2O)cc1F. The molecule has 0 aliphatic heterocycles. The molecule has 18 heavy (non-hydrogen) atoms. The van der Waals surface area contributed by atoms with Gasteiger partial charge >= 0.3 is 0 Å². The van der Waals surface area contributed by atoms with Crippen LogP contribution in [0.2, 0.25) is 0 Å². The van der Waals surface area contributed by atoms with Gasteiger partial charge in [-0.15, -0.1) is 0 Å². The van der Waals surface area contributed by atoms with E-state index in [1.54, 1.807) is 19.1 Å². The lowest BCUT2D eigenvalue weighted by Gasteiger charge is -2.28. The number of aliphatic hydroxyl groups excluding tert-OH is 1. The standard InChI is InChI=1S/C14H18FNO2/c1-9-6-7-10(8-11(9)15)14(18)16-12-4-2-3-5-13(12)17/h6-8,12-13,17H,2-5H2,1H3,(H,16,18). The fourth-order valence-electron chi connectivity index (χ4n) is 2.27. The van der Waals surface area contributed by atoms with Gasteiger partial charge in [-0.05, 0) is 37.5 Å². The molecule has 2 unspecified atom stereocenters. The van der Waals surface area contributed by atoms with Gasteiger partial charge in [-0.3, -0.25) is 4.79 Å². The zero-order valence-electron chi connectivity index (χ0n) is 10.4. The maximum atomic E-state index is 13.4. The van der Waals surface area contributed by atoms with E-state index in [-0.39, 0.29) is 17.8 Å². The predicted octanol–water partition coefficient (Wildman–Crippen LogP) is 2.17. The van der Waals surface area contributed by atoms with Gasteiger partial charge in [0.2, 0.25) is 0 Å². The van der Waals surface area contributed by atoms with Crippen molar-refractivity contribution in [2.45, 2.75) is 44.8 Å². The van der Waals surface area contributed by atoms with Crippen LogP contribution in [0.3, 0.4) is 0 Å². The molecule has 1 aromatic rings. The molecule has 0 spiro atoms. The maximum absolute atomic E-state index is 13.4. The highest BCUT2D eigenvalue weighted by molar-refractivity contribution is 5.94. The van der Waals surface area contributed by atoms with Crippen LogP contribution in [0.5, 0.6) is 0 Å². The normalized spacial score (nSPS) is 23.7. The lowest BCUT2D eigenvalue weighted by atomic mass is 9.92. The summed E-state index contributed by atoms with van der Waals surface area (Å²) >= 11 is 0. The van der Waals surface area contributed by atoms with Gasteiger partial charge in [0, 0.05) is 5.56 Å². The molecule has 4 heteroatoms. The Balaban J connectivity index is 2.04. The van der Waals surface area contributed by atoms with Crippen molar-refractivity contribution in [2.24, 2.45) is 0 Å². The summed E-state index contributed by atoms with van der Waals surface area (Å²) in [5.74, 6) is -0.702. The van der Waals surface area contributed by atoms with Crippen LogP contribution in [0, 0.1) is 12.7 Å². The van der Waals surface area contributed by atoms with Gasteiger partial charge in [0.15, 0.2) is 0 Å². The number of hydrogen-bond acceptors (Lipinski definition) is 2. The van der Waals surface area contributed by atoms with Crippen molar-refractivity contribution >= 4 is 5.91 Å². The van der Waals surface area contributed by atoms with Gasteiger partial charge in [0.05, 0.1) is 12.1 Å². The van der Waals surface area contributed by atoms with Crippen molar-refractivity contribution in [3.05, 3.63) is 35.1 Å². The summed E-state index contributed by atoms with van der Waals surface area (Å²) in [5.41, 5.74) is 0.820. The zero-order chi connectivity index (χ0) is 13.1. The van der Waals surface area contributed by atoms with Crippen LogP contribution in [0.1, 0.15) is 41.6 Å². The molecule has 98 valence electrons. The van der Waals surface area contributed by atoms with Gasteiger partial charge < -0.3 is 10.4 Å². The quantitative estimate of drug-likeness (QED) is 0.846. The van der Waals surface area contributed by atoms with Gasteiger partial charge in [0.1, 0.15) is 5.82 Å². The summed E-state index contributed by atoms with van der Waals surface area (Å²) in [6.07, 6.45) is 3.00. The van der Waals surface area contributed by atoms with Crippen LogP contribution in [0.25, 0.3) is 0 Å². The van der Waals surface area contributed by atoms with E-state index in [0.717, 1.165) is 19.3 Å². The number of benzene rings is 1. The summed E-state index contributed by atoms with van der Waals surface area (Å²) in [5, 5.41) is 12.6. The highest BCUT2D eigenvalue weighted by atomic mass is 19.1. The van der Waals surface area contributed by atoms with E-state index >= 15 is 0 Å². The van der Waals surface area contributed by atoms with Gasteiger partial charge in [-0.25, -0.2) is 4.39 Å². The molecular weight excluding hydrogens is 233 g/mol. The molecule has 2 N–H and O–H groups in total. The van der Waals surface area contributed by atoms with Gasteiger partial charge in [-0.1, -0.05) is 18.9 Å². The van der Waals surface area contributed by atoms with E-state index in [9.17, 15) is 14.3 Å². The second-order valence-electron chi connectivity index (χ2n) is 4.90. The Morgan fingerprint density at radius 2 is 2.11 bits per heavy atom. The third-order valence-electron chi connectivity index (χ3n) is 3.48. The van der Waals surface area contributed by atoms with E-state index in [0.29, 0.717) is 17.5 Å². The Morgan fingerprint density at radius 3 is 2.78 bits per heavy atom. The highest BCUT2D eigenvalue weighted by Gasteiger charge is 2.24. The minimum atomic E-state index is -0.488. The Bertz CT molecular complexity index is 447. The highest BCUT2D eigenvalue weighted by Crippen LogP contribution is 2.19. The Morgan fingerprint density at radius 1 is 1.39 bits per heavy atom. The summed E-state index contributed by atoms with van der Waals surface area (Å²) < 4.78 is 13.4. The predicted molar refractivity (Wildman–Crippen MR) is 66.9 cm³/mol. The van der Waals surface area contributed by atoms with Gasteiger partial charge in [-0.2, -0.15) is 0 Å². The molecule has 1 amide bonds. The topological polar surface area (TPSA) is 49.3 Å². The van der Waals surface area contributed by atoms with Crippen LogP contribution >= 0.6 is 0 Å². The lowest BCUT2D eigenvalue weighted by molar-refractivity contribution is 0.0717. The van der Waals surface area contributed by atoms with E-state index in [2.05, 4.69) is 5.32 Å². The fourth-order valence-corrected chi connectivity index (χ4v) is 2.27. The number of aliphatic hydroxyl groups is 1. The summed E-state index contributed by atoms with van der Waals surface area (Å²) in [6.45, 7) is 1.65. The van der Waals surface area contributed by atoms with E-state index in [4.69, 9.17) is 0 Å². The van der Waals surface area contributed by atoms with E-state index in [1.165, 1.54) is 6.07 Å². The number of carbonyl (C=O) groups excluding carboxylic acids is 1. The average Bonchev–Trinajstić information content (AvgIpc) is 2.35. The van der Waals surface area contributed by atoms with Crippen LogP contribution < -0.4 is 5.32 Å². The molecule has 0 bridgehead atoms. The largest absolute Gasteiger partial charge is 0.391 e. The number of halogens is 1. The van der Waals surface area contributed by atoms with Crippen molar-refractivity contribution in [3.63, 3.8) is 0 Å². The van der Waals surface area contributed by atoms with Crippen molar-refractivity contribution in [1.29, 1.82) is 0 Å². The Hall–Kier alpha value is -1.42. The summed E-state index contributed by atoms with van der Waals surface area (Å²) in [4.78, 5) is 11.9.